The summed E-state index contributed by atoms with van der Waals surface area (Å²) in [4.78, 5) is 29.2. The lowest BCUT2D eigenvalue weighted by Crippen LogP contribution is -2.53. The van der Waals surface area contributed by atoms with Gasteiger partial charge in [0, 0.05) is 29.2 Å². The van der Waals surface area contributed by atoms with Crippen molar-refractivity contribution in [2.45, 2.75) is 62.9 Å². The molecule has 38 heavy (non-hydrogen) atoms. The Hall–Kier alpha value is -2.64. The molecule has 2 amide bonds. The van der Waals surface area contributed by atoms with Gasteiger partial charge in [0.15, 0.2) is 0 Å². The smallest absolute Gasteiger partial charge is 0.243 e. The molecule has 0 spiro atoms. The van der Waals surface area contributed by atoms with Gasteiger partial charge in [0.05, 0.1) is 5.75 Å². The monoisotopic (exact) mass is 596 g/mol. The Morgan fingerprint density at radius 1 is 0.921 bits per heavy atom. The SMILES string of the molecule is O=C(NC1CCCCC1)[C@@H](Cc1ccccc1)N(Cc1ccc(Br)cc1)C(=O)CSCc1ccccc1F. The lowest BCUT2D eigenvalue weighted by molar-refractivity contribution is -0.139. The van der Waals surface area contributed by atoms with Crippen LogP contribution in [0.4, 0.5) is 4.39 Å². The number of rotatable bonds is 11. The van der Waals surface area contributed by atoms with E-state index >= 15 is 0 Å². The molecule has 0 bridgehead atoms. The van der Waals surface area contributed by atoms with Crippen molar-refractivity contribution in [2.24, 2.45) is 0 Å². The van der Waals surface area contributed by atoms with Gasteiger partial charge in [-0.2, -0.15) is 0 Å². The Bertz CT molecular complexity index is 1190. The summed E-state index contributed by atoms with van der Waals surface area (Å²) in [6.45, 7) is 0.321. The van der Waals surface area contributed by atoms with Gasteiger partial charge in [0.1, 0.15) is 11.9 Å². The molecule has 3 aromatic rings. The topological polar surface area (TPSA) is 49.4 Å². The molecule has 0 heterocycles. The van der Waals surface area contributed by atoms with Crippen LogP contribution in [-0.2, 0) is 28.3 Å². The van der Waals surface area contributed by atoms with E-state index in [0.29, 0.717) is 24.3 Å². The number of carbonyl (C=O) groups is 2. The molecule has 0 unspecified atom stereocenters. The van der Waals surface area contributed by atoms with Crippen molar-refractivity contribution in [2.75, 3.05) is 5.75 Å². The third kappa shape index (κ3) is 8.43. The first-order chi connectivity index (χ1) is 18.5. The van der Waals surface area contributed by atoms with Crippen molar-refractivity contribution in [1.82, 2.24) is 10.2 Å². The largest absolute Gasteiger partial charge is 0.352 e. The van der Waals surface area contributed by atoms with Gasteiger partial charge >= 0.3 is 0 Å². The highest BCUT2D eigenvalue weighted by atomic mass is 79.9. The molecule has 0 aliphatic heterocycles. The molecule has 1 saturated carbocycles. The highest BCUT2D eigenvalue weighted by Crippen LogP contribution is 2.22. The van der Waals surface area contributed by atoms with E-state index in [2.05, 4.69) is 21.2 Å². The summed E-state index contributed by atoms with van der Waals surface area (Å²) >= 11 is 4.85. The van der Waals surface area contributed by atoms with Crippen molar-refractivity contribution in [1.29, 1.82) is 0 Å². The predicted octanol–water partition coefficient (Wildman–Crippen LogP) is 6.91. The molecule has 0 aromatic heterocycles. The van der Waals surface area contributed by atoms with Crippen LogP contribution in [0.5, 0.6) is 0 Å². The van der Waals surface area contributed by atoms with E-state index in [4.69, 9.17) is 0 Å². The quantitative estimate of drug-likeness (QED) is 0.261. The Morgan fingerprint density at radius 2 is 1.61 bits per heavy atom. The Kier molecular flexibility index (Phi) is 10.8. The standard InChI is InChI=1S/C31H34BrFN2O2S/c32-26-17-15-24(16-18-26)20-35(30(36)22-38-21-25-11-7-8-14-28(25)33)29(19-23-9-3-1-4-10-23)31(37)34-27-12-5-2-6-13-27/h1,3-4,7-11,14-18,27,29H,2,5-6,12-13,19-22H2,(H,34,37)/t29-/m1/s1. The summed E-state index contributed by atoms with van der Waals surface area (Å²) < 4.78 is 15.1. The molecular weight excluding hydrogens is 563 g/mol. The molecule has 1 atom stereocenters. The summed E-state index contributed by atoms with van der Waals surface area (Å²) in [5.74, 6) is 0.0435. The molecule has 0 saturated heterocycles. The molecular formula is C31H34BrFN2O2S. The average molecular weight is 598 g/mol. The number of hydrogen-bond acceptors (Lipinski definition) is 3. The second-order valence-electron chi connectivity index (χ2n) is 9.78. The Balaban J connectivity index is 1.56. The minimum atomic E-state index is -0.649. The number of carbonyl (C=O) groups excluding carboxylic acids is 2. The number of nitrogens with one attached hydrogen (secondary N) is 1. The molecule has 1 N–H and O–H groups in total. The van der Waals surface area contributed by atoms with Crippen LogP contribution < -0.4 is 5.32 Å². The summed E-state index contributed by atoms with van der Waals surface area (Å²) in [5, 5.41) is 3.26. The minimum Gasteiger partial charge on any atom is -0.352 e. The molecule has 4 rings (SSSR count). The zero-order chi connectivity index (χ0) is 26.7. The van der Waals surface area contributed by atoms with Gasteiger partial charge in [0.2, 0.25) is 11.8 Å². The fraction of sp³-hybridized carbons (Fsp3) is 0.355. The second-order valence-corrected chi connectivity index (χ2v) is 11.7. The van der Waals surface area contributed by atoms with Gasteiger partial charge in [-0.05, 0) is 47.7 Å². The number of thioether (sulfide) groups is 1. The number of nitrogens with zero attached hydrogens (tertiary/aromatic N) is 1. The summed E-state index contributed by atoms with van der Waals surface area (Å²) in [6.07, 6.45) is 5.81. The van der Waals surface area contributed by atoms with Crippen LogP contribution in [-0.4, -0.2) is 34.6 Å². The van der Waals surface area contributed by atoms with E-state index in [-0.39, 0.29) is 29.4 Å². The third-order valence-electron chi connectivity index (χ3n) is 6.93. The van der Waals surface area contributed by atoms with Crippen molar-refractivity contribution in [3.8, 4) is 0 Å². The maximum Gasteiger partial charge on any atom is 0.243 e. The lowest BCUT2D eigenvalue weighted by atomic mass is 9.94. The molecule has 200 valence electrons. The lowest BCUT2D eigenvalue weighted by Gasteiger charge is -2.33. The number of hydrogen-bond donors (Lipinski definition) is 1. The van der Waals surface area contributed by atoms with Crippen LogP contribution in [0, 0.1) is 5.82 Å². The molecule has 3 aromatic carbocycles. The van der Waals surface area contributed by atoms with Crippen molar-refractivity contribution < 1.29 is 14.0 Å². The third-order valence-corrected chi connectivity index (χ3v) is 8.42. The van der Waals surface area contributed by atoms with E-state index in [0.717, 1.165) is 41.3 Å². The molecule has 7 heteroatoms. The number of amides is 2. The molecule has 0 radical (unpaired) electrons. The fourth-order valence-corrected chi connectivity index (χ4v) is 5.99. The minimum absolute atomic E-state index is 0.106. The second kappa shape index (κ2) is 14.5. The maximum absolute atomic E-state index is 14.1. The maximum atomic E-state index is 14.1. The number of halogens is 2. The van der Waals surface area contributed by atoms with Crippen LogP contribution in [0.25, 0.3) is 0 Å². The summed E-state index contributed by atoms with van der Waals surface area (Å²) in [5.41, 5.74) is 2.52. The first kappa shape index (κ1) is 28.4. The van der Waals surface area contributed by atoms with Crippen molar-refractivity contribution in [3.05, 3.63) is 106 Å². The van der Waals surface area contributed by atoms with E-state index in [1.807, 2.05) is 54.6 Å². The highest BCUT2D eigenvalue weighted by Gasteiger charge is 2.31. The van der Waals surface area contributed by atoms with Gasteiger partial charge in [-0.25, -0.2) is 4.39 Å². The van der Waals surface area contributed by atoms with Crippen LogP contribution in [0.1, 0.15) is 48.8 Å². The summed E-state index contributed by atoms with van der Waals surface area (Å²) in [6, 6.07) is 23.8. The molecule has 4 nitrogen and oxygen atoms in total. The normalized spacial score (nSPS) is 14.6. The first-order valence-corrected chi connectivity index (χ1v) is 15.1. The average Bonchev–Trinajstić information content (AvgIpc) is 2.94. The van der Waals surface area contributed by atoms with E-state index < -0.39 is 6.04 Å². The molecule has 1 fully saturated rings. The van der Waals surface area contributed by atoms with Crippen LogP contribution >= 0.6 is 27.7 Å². The molecule has 1 aliphatic rings. The fourth-order valence-electron chi connectivity index (χ4n) is 4.83. The highest BCUT2D eigenvalue weighted by molar-refractivity contribution is 9.10. The van der Waals surface area contributed by atoms with Gasteiger partial charge in [0.25, 0.3) is 0 Å². The van der Waals surface area contributed by atoms with E-state index in [9.17, 15) is 14.0 Å². The number of benzene rings is 3. The van der Waals surface area contributed by atoms with Crippen LogP contribution in [0.2, 0.25) is 0 Å². The zero-order valence-corrected chi connectivity index (χ0v) is 23.9. The predicted molar refractivity (Wildman–Crippen MR) is 156 cm³/mol. The van der Waals surface area contributed by atoms with Crippen molar-refractivity contribution >= 4 is 39.5 Å². The zero-order valence-electron chi connectivity index (χ0n) is 21.5. The first-order valence-electron chi connectivity index (χ1n) is 13.2. The van der Waals surface area contributed by atoms with Crippen LogP contribution in [0.15, 0.2) is 83.3 Å². The Morgan fingerprint density at radius 3 is 2.32 bits per heavy atom. The van der Waals surface area contributed by atoms with Gasteiger partial charge in [-0.3, -0.25) is 9.59 Å². The van der Waals surface area contributed by atoms with Crippen molar-refractivity contribution in [3.63, 3.8) is 0 Å². The van der Waals surface area contributed by atoms with Crippen LogP contribution in [0.3, 0.4) is 0 Å². The van der Waals surface area contributed by atoms with E-state index in [1.54, 1.807) is 23.1 Å². The van der Waals surface area contributed by atoms with Gasteiger partial charge in [-0.15, -0.1) is 11.8 Å². The molecule has 1 aliphatic carbocycles. The van der Waals surface area contributed by atoms with Gasteiger partial charge < -0.3 is 10.2 Å². The van der Waals surface area contributed by atoms with E-state index in [1.165, 1.54) is 24.2 Å². The van der Waals surface area contributed by atoms with Gasteiger partial charge in [-0.1, -0.05) is 95.9 Å². The Labute approximate surface area is 237 Å². The summed E-state index contributed by atoms with van der Waals surface area (Å²) in [7, 11) is 0.